The molecule has 1 aromatic heterocycles. The van der Waals surface area contributed by atoms with Crippen LogP contribution < -0.4 is 0 Å². The zero-order valence-corrected chi connectivity index (χ0v) is 8.84. The van der Waals surface area contributed by atoms with Gasteiger partial charge in [0.25, 0.3) is 0 Å². The van der Waals surface area contributed by atoms with Crippen molar-refractivity contribution < 1.29 is 4.74 Å². The van der Waals surface area contributed by atoms with E-state index in [-0.39, 0.29) is 0 Å². The maximum atomic E-state index is 4.99. The van der Waals surface area contributed by atoms with Gasteiger partial charge in [-0.3, -0.25) is 0 Å². The van der Waals surface area contributed by atoms with Crippen LogP contribution in [0.15, 0.2) is 0 Å². The van der Waals surface area contributed by atoms with Crippen molar-refractivity contribution in [3.05, 3.63) is 11.6 Å². The molecule has 68 valence electrons. The second-order valence-corrected chi connectivity index (χ2v) is 2.90. The molecule has 1 aromatic rings. The lowest BCUT2D eigenvalue weighted by atomic mass is 10.5. The molecule has 1 heterocycles. The number of hydrogen-bond acceptors (Lipinski definition) is 3. The minimum Gasteiger partial charge on any atom is -0.377 e. The van der Waals surface area contributed by atoms with Crippen LogP contribution in [0.1, 0.15) is 18.6 Å². The molecule has 0 radical (unpaired) electrons. The maximum absolute atomic E-state index is 4.99. The lowest BCUT2D eigenvalue weighted by Crippen LogP contribution is -2.05. The summed E-state index contributed by atoms with van der Waals surface area (Å²) in [5.74, 6) is 1.83. The highest BCUT2D eigenvalue weighted by atomic mass is 79.9. The van der Waals surface area contributed by atoms with Gasteiger partial charge in [-0.2, -0.15) is 0 Å². The van der Waals surface area contributed by atoms with Gasteiger partial charge in [0, 0.05) is 13.7 Å². The Morgan fingerprint density at radius 2 is 2.08 bits per heavy atom. The molecule has 0 aliphatic heterocycles. The molecule has 0 fully saturated rings. The number of nitrogens with zero attached hydrogens (tertiary/aromatic N) is 3. The van der Waals surface area contributed by atoms with E-state index in [0.717, 1.165) is 23.5 Å². The molecule has 0 saturated carbocycles. The van der Waals surface area contributed by atoms with Gasteiger partial charge in [0.05, 0.1) is 5.33 Å². The first-order valence-electron chi connectivity index (χ1n) is 3.79. The molecule has 0 saturated heterocycles. The molecule has 1 rings (SSSR count). The molecule has 0 N–H and O–H groups in total. The van der Waals surface area contributed by atoms with Gasteiger partial charge in [-0.15, -0.1) is 10.2 Å². The van der Waals surface area contributed by atoms with Gasteiger partial charge in [-0.05, 0) is 6.92 Å². The lowest BCUT2D eigenvalue weighted by Gasteiger charge is -2.03. The SMILES string of the molecule is CCn1c(CBr)nnc1COC. The Labute approximate surface area is 80.1 Å². The Morgan fingerprint density at radius 1 is 1.42 bits per heavy atom. The molecule has 0 amide bonds. The molecule has 0 unspecified atom stereocenters. The van der Waals surface area contributed by atoms with Gasteiger partial charge in [-0.1, -0.05) is 15.9 Å². The van der Waals surface area contributed by atoms with Crippen LogP contribution >= 0.6 is 15.9 Å². The number of halogens is 1. The first kappa shape index (κ1) is 9.67. The van der Waals surface area contributed by atoms with E-state index < -0.39 is 0 Å². The van der Waals surface area contributed by atoms with Gasteiger partial charge >= 0.3 is 0 Å². The molecule has 0 bridgehead atoms. The summed E-state index contributed by atoms with van der Waals surface area (Å²) in [6.07, 6.45) is 0. The standard InChI is InChI=1S/C7H12BrN3O/c1-3-11-6(4-8)9-10-7(11)5-12-2/h3-5H2,1-2H3. The molecule has 5 heteroatoms. The minimum atomic E-state index is 0.522. The van der Waals surface area contributed by atoms with E-state index in [0.29, 0.717) is 6.61 Å². The summed E-state index contributed by atoms with van der Waals surface area (Å²) in [6, 6.07) is 0. The summed E-state index contributed by atoms with van der Waals surface area (Å²) < 4.78 is 7.03. The topological polar surface area (TPSA) is 39.9 Å². The van der Waals surface area contributed by atoms with Gasteiger partial charge in [0.1, 0.15) is 12.4 Å². The number of aromatic nitrogens is 3. The number of hydrogen-bond donors (Lipinski definition) is 0. The molecule has 0 aliphatic carbocycles. The fraction of sp³-hybridized carbons (Fsp3) is 0.714. The Balaban J connectivity index is 2.88. The maximum Gasteiger partial charge on any atom is 0.159 e. The zero-order valence-electron chi connectivity index (χ0n) is 7.25. The average Bonchev–Trinajstić information content (AvgIpc) is 2.47. The van der Waals surface area contributed by atoms with Crippen molar-refractivity contribution in [3.8, 4) is 0 Å². The highest BCUT2D eigenvalue weighted by Gasteiger charge is 2.07. The predicted molar refractivity (Wildman–Crippen MR) is 49.0 cm³/mol. The van der Waals surface area contributed by atoms with Crippen molar-refractivity contribution >= 4 is 15.9 Å². The molecule has 0 aromatic carbocycles. The molecule has 0 spiro atoms. The molecule has 4 nitrogen and oxygen atoms in total. The van der Waals surface area contributed by atoms with E-state index in [1.54, 1.807) is 7.11 Å². The van der Waals surface area contributed by atoms with Gasteiger partial charge in [0.15, 0.2) is 5.82 Å². The number of alkyl halides is 1. The van der Waals surface area contributed by atoms with Crippen LogP contribution in [-0.4, -0.2) is 21.9 Å². The third-order valence-corrected chi connectivity index (χ3v) is 2.11. The highest BCUT2D eigenvalue weighted by molar-refractivity contribution is 9.08. The smallest absolute Gasteiger partial charge is 0.159 e. The highest BCUT2D eigenvalue weighted by Crippen LogP contribution is 2.06. The Hall–Kier alpha value is -0.420. The first-order valence-corrected chi connectivity index (χ1v) is 4.91. The third-order valence-electron chi connectivity index (χ3n) is 1.61. The fourth-order valence-electron chi connectivity index (χ4n) is 1.07. The summed E-state index contributed by atoms with van der Waals surface area (Å²) in [7, 11) is 1.66. The summed E-state index contributed by atoms with van der Waals surface area (Å²) in [6.45, 7) is 3.47. The van der Waals surface area contributed by atoms with Crippen LogP contribution in [0.5, 0.6) is 0 Å². The Bertz CT molecular complexity index is 249. The lowest BCUT2D eigenvalue weighted by molar-refractivity contribution is 0.174. The largest absolute Gasteiger partial charge is 0.377 e. The second-order valence-electron chi connectivity index (χ2n) is 2.34. The molecule has 0 atom stereocenters. The molecular formula is C7H12BrN3O. The van der Waals surface area contributed by atoms with Crippen molar-refractivity contribution in [1.82, 2.24) is 14.8 Å². The van der Waals surface area contributed by atoms with E-state index in [2.05, 4.69) is 33.1 Å². The third kappa shape index (κ3) is 1.84. The van der Waals surface area contributed by atoms with Crippen molar-refractivity contribution in [1.29, 1.82) is 0 Å². The van der Waals surface area contributed by atoms with Crippen molar-refractivity contribution in [2.24, 2.45) is 0 Å². The summed E-state index contributed by atoms with van der Waals surface area (Å²) >= 11 is 3.35. The fourth-order valence-corrected chi connectivity index (χ4v) is 1.49. The molecule has 0 aliphatic rings. The number of rotatable bonds is 4. The summed E-state index contributed by atoms with van der Waals surface area (Å²) in [4.78, 5) is 0. The van der Waals surface area contributed by atoms with Crippen LogP contribution in [-0.2, 0) is 23.2 Å². The summed E-state index contributed by atoms with van der Waals surface area (Å²) in [5, 5.41) is 8.75. The molecule has 12 heavy (non-hydrogen) atoms. The van der Waals surface area contributed by atoms with E-state index >= 15 is 0 Å². The van der Waals surface area contributed by atoms with Crippen LogP contribution in [0.2, 0.25) is 0 Å². The van der Waals surface area contributed by atoms with Crippen molar-refractivity contribution in [3.63, 3.8) is 0 Å². The zero-order chi connectivity index (χ0) is 8.97. The van der Waals surface area contributed by atoms with Gasteiger partial charge in [-0.25, -0.2) is 0 Å². The van der Waals surface area contributed by atoms with Gasteiger partial charge in [0.2, 0.25) is 0 Å². The summed E-state index contributed by atoms with van der Waals surface area (Å²) in [5.41, 5.74) is 0. The normalized spacial score (nSPS) is 10.6. The van der Waals surface area contributed by atoms with E-state index in [4.69, 9.17) is 4.74 Å². The Morgan fingerprint density at radius 3 is 2.58 bits per heavy atom. The minimum absolute atomic E-state index is 0.522. The second kappa shape index (κ2) is 4.57. The van der Waals surface area contributed by atoms with Crippen molar-refractivity contribution in [2.75, 3.05) is 7.11 Å². The van der Waals surface area contributed by atoms with Crippen molar-refractivity contribution in [2.45, 2.75) is 25.4 Å². The van der Waals surface area contributed by atoms with Crippen LogP contribution in [0.25, 0.3) is 0 Å². The van der Waals surface area contributed by atoms with E-state index in [9.17, 15) is 0 Å². The average molecular weight is 234 g/mol. The van der Waals surface area contributed by atoms with Crippen LogP contribution in [0.4, 0.5) is 0 Å². The number of ether oxygens (including phenoxy) is 1. The molecular weight excluding hydrogens is 222 g/mol. The van der Waals surface area contributed by atoms with Crippen LogP contribution in [0.3, 0.4) is 0 Å². The number of methoxy groups -OCH3 is 1. The predicted octanol–water partition coefficient (Wildman–Crippen LogP) is 1.34. The van der Waals surface area contributed by atoms with E-state index in [1.807, 2.05) is 4.57 Å². The van der Waals surface area contributed by atoms with Crippen LogP contribution in [0, 0.1) is 0 Å². The quantitative estimate of drug-likeness (QED) is 0.738. The van der Waals surface area contributed by atoms with E-state index in [1.165, 1.54) is 0 Å². The Kier molecular flexibility index (Phi) is 3.68. The first-order chi connectivity index (χ1) is 5.83. The monoisotopic (exact) mass is 233 g/mol. The van der Waals surface area contributed by atoms with Gasteiger partial charge < -0.3 is 9.30 Å².